The van der Waals surface area contributed by atoms with Gasteiger partial charge in [-0.1, -0.05) is 18.2 Å². The van der Waals surface area contributed by atoms with Crippen molar-refractivity contribution in [1.29, 1.82) is 0 Å². The Morgan fingerprint density at radius 1 is 1.18 bits per heavy atom. The molecular formula is C15H21F3N2O6S2. The third kappa shape index (κ3) is 6.15. The molecule has 28 heavy (non-hydrogen) atoms. The minimum absolute atomic E-state index is 0.0446. The van der Waals surface area contributed by atoms with Crippen molar-refractivity contribution in [3.8, 4) is 0 Å². The zero-order valence-electron chi connectivity index (χ0n) is 15.4. The molecule has 0 saturated carbocycles. The Labute approximate surface area is 161 Å². The Balaban J connectivity index is 3.15. The average Bonchev–Trinajstić information content (AvgIpc) is 2.57. The van der Waals surface area contributed by atoms with E-state index in [1.165, 1.54) is 45.3 Å². The van der Waals surface area contributed by atoms with Crippen LogP contribution in [-0.2, 0) is 36.1 Å². The summed E-state index contributed by atoms with van der Waals surface area (Å²) >= 11 is 0. The first-order valence-electron chi connectivity index (χ1n) is 7.94. The highest BCUT2D eigenvalue weighted by atomic mass is 32.2. The van der Waals surface area contributed by atoms with E-state index >= 15 is 0 Å². The summed E-state index contributed by atoms with van der Waals surface area (Å²) < 4.78 is 95.6. The molecular weight excluding hydrogens is 425 g/mol. The molecule has 0 radical (unpaired) electrons. The highest BCUT2D eigenvalue weighted by Gasteiger charge is 2.50. The lowest BCUT2D eigenvalue weighted by Gasteiger charge is -2.21. The minimum Gasteiger partial charge on any atom is -0.466 e. The molecule has 160 valence electrons. The van der Waals surface area contributed by atoms with Gasteiger partial charge in [-0.05, 0) is 18.6 Å². The monoisotopic (exact) mass is 446 g/mol. The predicted octanol–water partition coefficient (Wildman–Crippen LogP) is 1.24. The molecule has 1 N–H and O–H groups in total. The van der Waals surface area contributed by atoms with E-state index in [-0.39, 0.29) is 17.1 Å². The van der Waals surface area contributed by atoms with Gasteiger partial charge in [0.25, 0.3) is 0 Å². The SMILES string of the molecule is CCOC(=O)CC(C(F)(F)F)S(=O)(=O)NCc1ccccc1S(=O)(=O)N(C)C. The van der Waals surface area contributed by atoms with Crippen LogP contribution < -0.4 is 4.72 Å². The van der Waals surface area contributed by atoms with Gasteiger partial charge in [0.15, 0.2) is 5.25 Å². The number of hydrogen-bond acceptors (Lipinski definition) is 6. The molecule has 1 aromatic carbocycles. The molecule has 0 fully saturated rings. The second-order valence-corrected chi connectivity index (χ2v) is 9.87. The summed E-state index contributed by atoms with van der Waals surface area (Å²) in [5.74, 6) is -1.31. The molecule has 0 amide bonds. The molecule has 13 heteroatoms. The lowest BCUT2D eigenvalue weighted by molar-refractivity contribution is -0.155. The van der Waals surface area contributed by atoms with E-state index in [2.05, 4.69) is 4.74 Å². The minimum atomic E-state index is -5.23. The van der Waals surface area contributed by atoms with Crippen LogP contribution in [-0.4, -0.2) is 59.2 Å². The second kappa shape index (κ2) is 9.20. The van der Waals surface area contributed by atoms with E-state index in [9.17, 15) is 34.8 Å². The van der Waals surface area contributed by atoms with Crippen molar-refractivity contribution < 1.29 is 39.5 Å². The fourth-order valence-electron chi connectivity index (χ4n) is 2.15. The third-order valence-corrected chi connectivity index (χ3v) is 7.24. The Kier molecular flexibility index (Phi) is 8.00. The number of esters is 1. The summed E-state index contributed by atoms with van der Waals surface area (Å²) in [6.07, 6.45) is -6.64. The van der Waals surface area contributed by atoms with Gasteiger partial charge in [-0.15, -0.1) is 0 Å². The first-order chi connectivity index (χ1) is 12.7. The number of ether oxygens (including phenoxy) is 1. The maximum Gasteiger partial charge on any atom is 0.407 e. The van der Waals surface area contributed by atoms with Gasteiger partial charge in [0.1, 0.15) is 0 Å². The van der Waals surface area contributed by atoms with Crippen molar-refractivity contribution in [3.05, 3.63) is 29.8 Å². The summed E-state index contributed by atoms with van der Waals surface area (Å²) in [6, 6.07) is 5.29. The van der Waals surface area contributed by atoms with Crippen LogP contribution in [0.5, 0.6) is 0 Å². The number of carbonyl (C=O) groups is 1. The van der Waals surface area contributed by atoms with E-state index < -0.39 is 50.4 Å². The maximum absolute atomic E-state index is 13.2. The molecule has 0 heterocycles. The zero-order valence-corrected chi connectivity index (χ0v) is 17.0. The topological polar surface area (TPSA) is 110 Å². The van der Waals surface area contributed by atoms with E-state index in [1.54, 1.807) is 4.72 Å². The molecule has 0 aliphatic heterocycles. The number of nitrogens with one attached hydrogen (secondary N) is 1. The maximum atomic E-state index is 13.2. The molecule has 1 aromatic rings. The number of rotatable bonds is 9. The van der Waals surface area contributed by atoms with Crippen LogP contribution in [0.15, 0.2) is 29.2 Å². The number of benzene rings is 1. The third-order valence-electron chi connectivity index (χ3n) is 3.59. The van der Waals surface area contributed by atoms with Crippen LogP contribution in [0.25, 0.3) is 0 Å². The van der Waals surface area contributed by atoms with Crippen LogP contribution in [0.1, 0.15) is 18.9 Å². The van der Waals surface area contributed by atoms with Gasteiger partial charge >= 0.3 is 12.1 Å². The molecule has 0 saturated heterocycles. The fraction of sp³-hybridized carbons (Fsp3) is 0.533. The Bertz CT molecular complexity index is 899. The Hall–Kier alpha value is -1.70. The zero-order chi connectivity index (χ0) is 21.8. The molecule has 0 bridgehead atoms. The molecule has 1 rings (SSSR count). The number of hydrogen-bond donors (Lipinski definition) is 1. The van der Waals surface area contributed by atoms with Gasteiger partial charge in [0.2, 0.25) is 20.0 Å². The van der Waals surface area contributed by atoms with E-state index in [4.69, 9.17) is 0 Å². The van der Waals surface area contributed by atoms with Crippen LogP contribution in [0, 0.1) is 0 Å². The van der Waals surface area contributed by atoms with Crippen molar-refractivity contribution in [3.63, 3.8) is 0 Å². The first-order valence-corrected chi connectivity index (χ1v) is 10.9. The fourth-order valence-corrected chi connectivity index (χ4v) is 4.53. The number of carbonyl (C=O) groups excluding carboxylic acids is 1. The van der Waals surface area contributed by atoms with Crippen LogP contribution in [0.3, 0.4) is 0 Å². The lowest BCUT2D eigenvalue weighted by atomic mass is 10.2. The van der Waals surface area contributed by atoms with Crippen molar-refractivity contribution >= 4 is 26.0 Å². The van der Waals surface area contributed by atoms with Crippen molar-refractivity contribution in [2.45, 2.75) is 36.2 Å². The number of nitrogens with zero attached hydrogens (tertiary/aromatic N) is 1. The molecule has 0 spiro atoms. The predicted molar refractivity (Wildman–Crippen MR) is 94.2 cm³/mol. The van der Waals surface area contributed by atoms with Crippen molar-refractivity contribution in [2.24, 2.45) is 0 Å². The number of halogens is 3. The number of sulfonamides is 2. The van der Waals surface area contributed by atoms with Gasteiger partial charge in [0.05, 0.1) is 17.9 Å². The van der Waals surface area contributed by atoms with Gasteiger partial charge in [0, 0.05) is 20.6 Å². The Morgan fingerprint density at radius 3 is 2.25 bits per heavy atom. The summed E-state index contributed by atoms with van der Waals surface area (Å²) in [5.41, 5.74) is -0.0446. The van der Waals surface area contributed by atoms with Crippen LogP contribution in [0.4, 0.5) is 13.2 Å². The molecule has 0 aromatic heterocycles. The summed E-state index contributed by atoms with van der Waals surface area (Å²) in [5, 5.41) is -3.03. The molecule has 0 aliphatic carbocycles. The quantitative estimate of drug-likeness (QED) is 0.572. The lowest BCUT2D eigenvalue weighted by Crippen LogP contribution is -2.45. The normalized spacial score (nSPS) is 14.1. The molecule has 1 atom stereocenters. The van der Waals surface area contributed by atoms with Gasteiger partial charge < -0.3 is 4.74 Å². The Morgan fingerprint density at radius 2 is 1.75 bits per heavy atom. The van der Waals surface area contributed by atoms with Crippen molar-refractivity contribution in [2.75, 3.05) is 20.7 Å². The molecule has 1 unspecified atom stereocenters. The summed E-state index contributed by atoms with van der Waals surface area (Å²) in [4.78, 5) is 11.1. The highest BCUT2D eigenvalue weighted by Crippen LogP contribution is 2.29. The van der Waals surface area contributed by atoms with Crippen LogP contribution in [0.2, 0.25) is 0 Å². The van der Waals surface area contributed by atoms with Crippen LogP contribution >= 0.6 is 0 Å². The highest BCUT2D eigenvalue weighted by molar-refractivity contribution is 7.90. The first kappa shape index (κ1) is 24.3. The molecule has 8 nitrogen and oxygen atoms in total. The van der Waals surface area contributed by atoms with E-state index in [1.807, 2.05) is 0 Å². The largest absolute Gasteiger partial charge is 0.466 e. The second-order valence-electron chi connectivity index (χ2n) is 5.80. The van der Waals surface area contributed by atoms with Crippen molar-refractivity contribution in [1.82, 2.24) is 9.03 Å². The van der Waals surface area contributed by atoms with Gasteiger partial charge in [-0.3, -0.25) is 4.79 Å². The smallest absolute Gasteiger partial charge is 0.407 e. The summed E-state index contributed by atoms with van der Waals surface area (Å²) in [6.45, 7) is 0.461. The van der Waals surface area contributed by atoms with Gasteiger partial charge in [-0.2, -0.15) is 13.2 Å². The van der Waals surface area contributed by atoms with Gasteiger partial charge in [-0.25, -0.2) is 25.9 Å². The number of alkyl halides is 3. The van der Waals surface area contributed by atoms with E-state index in [0.717, 1.165) is 4.31 Å². The van der Waals surface area contributed by atoms with E-state index in [0.29, 0.717) is 0 Å². The summed E-state index contributed by atoms with van der Waals surface area (Å²) in [7, 11) is -6.49. The average molecular weight is 446 g/mol. The standard InChI is InChI=1S/C15H21F3N2O6S2/c1-4-26-14(21)9-13(15(16,17)18)27(22,23)19-10-11-7-5-6-8-12(11)28(24,25)20(2)3/h5-8,13,19H,4,9-10H2,1-3H3. The molecule has 0 aliphatic rings.